The van der Waals surface area contributed by atoms with E-state index in [1.54, 1.807) is 30.1 Å². The molecule has 0 aliphatic carbocycles. The Hall–Kier alpha value is -1.59. The average Bonchev–Trinajstić information content (AvgIpc) is 2.82. The van der Waals surface area contributed by atoms with Crippen LogP contribution >= 0.6 is 23.2 Å². The van der Waals surface area contributed by atoms with Crippen molar-refractivity contribution >= 4 is 40.9 Å². The van der Waals surface area contributed by atoms with Crippen LogP contribution in [0.1, 0.15) is 37.8 Å². The third-order valence-corrected chi connectivity index (χ3v) is 4.65. The maximum atomic E-state index is 12.3. The molecule has 1 fully saturated rings. The van der Waals surface area contributed by atoms with Crippen molar-refractivity contribution in [3.8, 4) is 0 Å². The molecule has 1 heterocycles. The van der Waals surface area contributed by atoms with Crippen molar-refractivity contribution in [1.82, 2.24) is 9.80 Å². The van der Waals surface area contributed by atoms with Crippen molar-refractivity contribution in [3.05, 3.63) is 33.8 Å². The molecule has 23 heavy (non-hydrogen) atoms. The Kier molecular flexibility index (Phi) is 5.65. The van der Waals surface area contributed by atoms with Crippen LogP contribution in [-0.2, 0) is 14.4 Å². The summed E-state index contributed by atoms with van der Waals surface area (Å²) in [6.07, 6.45) is 0.572. The molecule has 0 radical (unpaired) electrons. The van der Waals surface area contributed by atoms with Gasteiger partial charge < -0.3 is 4.90 Å². The summed E-state index contributed by atoms with van der Waals surface area (Å²) in [5.74, 6) is -0.575. The Balaban J connectivity index is 1.98. The quantitative estimate of drug-likeness (QED) is 0.761. The minimum absolute atomic E-state index is 0.101. The van der Waals surface area contributed by atoms with Crippen molar-refractivity contribution in [3.63, 3.8) is 0 Å². The molecule has 1 aromatic rings. The standard InChI is InChI=1S/C16H18Cl2N2O3/c1-10(12-4-3-11(17)9-13(12)18)19(2)14(21)7-8-20-15(22)5-6-16(20)23/h3-4,9-10H,5-8H2,1-2H3. The van der Waals surface area contributed by atoms with Crippen LogP contribution < -0.4 is 0 Å². The van der Waals surface area contributed by atoms with Crippen LogP contribution in [0.4, 0.5) is 0 Å². The molecule has 0 saturated carbocycles. The van der Waals surface area contributed by atoms with Crippen LogP contribution in [0, 0.1) is 0 Å². The number of hydrogen-bond acceptors (Lipinski definition) is 3. The van der Waals surface area contributed by atoms with E-state index >= 15 is 0 Å². The highest BCUT2D eigenvalue weighted by Crippen LogP contribution is 2.29. The van der Waals surface area contributed by atoms with Gasteiger partial charge in [0.25, 0.3) is 0 Å². The summed E-state index contributed by atoms with van der Waals surface area (Å²) in [5.41, 5.74) is 0.792. The molecule has 1 atom stereocenters. The molecule has 2 rings (SSSR count). The summed E-state index contributed by atoms with van der Waals surface area (Å²) < 4.78 is 0. The van der Waals surface area contributed by atoms with Gasteiger partial charge >= 0.3 is 0 Å². The molecule has 0 aromatic heterocycles. The van der Waals surface area contributed by atoms with Gasteiger partial charge in [-0.05, 0) is 24.6 Å². The van der Waals surface area contributed by atoms with Crippen molar-refractivity contribution in [2.45, 2.75) is 32.2 Å². The number of rotatable bonds is 5. The van der Waals surface area contributed by atoms with Crippen LogP contribution in [-0.4, -0.2) is 41.1 Å². The summed E-state index contributed by atoms with van der Waals surface area (Å²) in [7, 11) is 1.67. The van der Waals surface area contributed by atoms with E-state index in [4.69, 9.17) is 23.2 Å². The normalized spacial score (nSPS) is 15.9. The first-order valence-corrected chi connectivity index (χ1v) is 8.10. The lowest BCUT2D eigenvalue weighted by Crippen LogP contribution is -2.36. The van der Waals surface area contributed by atoms with E-state index in [9.17, 15) is 14.4 Å². The Morgan fingerprint density at radius 3 is 2.43 bits per heavy atom. The number of nitrogens with zero attached hydrogens (tertiary/aromatic N) is 2. The summed E-state index contributed by atoms with van der Waals surface area (Å²) in [4.78, 5) is 38.1. The summed E-state index contributed by atoms with van der Waals surface area (Å²) in [5, 5.41) is 1.03. The molecular weight excluding hydrogens is 339 g/mol. The lowest BCUT2D eigenvalue weighted by Gasteiger charge is -2.27. The van der Waals surface area contributed by atoms with Gasteiger partial charge in [0.15, 0.2) is 0 Å². The fourth-order valence-corrected chi connectivity index (χ4v) is 3.09. The van der Waals surface area contributed by atoms with E-state index in [0.717, 1.165) is 10.5 Å². The zero-order valence-electron chi connectivity index (χ0n) is 13.0. The maximum absolute atomic E-state index is 12.3. The zero-order chi connectivity index (χ0) is 17.1. The predicted octanol–water partition coefficient (Wildman–Crippen LogP) is 3.05. The Morgan fingerprint density at radius 1 is 1.26 bits per heavy atom. The molecular formula is C16H18Cl2N2O3. The third kappa shape index (κ3) is 4.03. The number of imide groups is 1. The number of halogens is 2. The second kappa shape index (κ2) is 7.32. The van der Waals surface area contributed by atoms with E-state index in [0.29, 0.717) is 10.0 Å². The van der Waals surface area contributed by atoms with Crippen LogP contribution in [0.25, 0.3) is 0 Å². The first-order chi connectivity index (χ1) is 10.8. The van der Waals surface area contributed by atoms with Crippen LogP contribution in [0.3, 0.4) is 0 Å². The highest BCUT2D eigenvalue weighted by molar-refractivity contribution is 6.35. The van der Waals surface area contributed by atoms with Crippen LogP contribution in [0.2, 0.25) is 10.0 Å². The molecule has 0 bridgehead atoms. The largest absolute Gasteiger partial charge is 0.339 e. The average molecular weight is 357 g/mol. The highest BCUT2D eigenvalue weighted by Gasteiger charge is 2.29. The Labute approximate surface area is 145 Å². The summed E-state index contributed by atoms with van der Waals surface area (Å²) in [6.45, 7) is 1.99. The maximum Gasteiger partial charge on any atom is 0.229 e. The smallest absolute Gasteiger partial charge is 0.229 e. The van der Waals surface area contributed by atoms with Crippen molar-refractivity contribution in [2.75, 3.05) is 13.6 Å². The number of carbonyl (C=O) groups excluding carboxylic acids is 3. The van der Waals surface area contributed by atoms with Crippen LogP contribution in [0.15, 0.2) is 18.2 Å². The highest BCUT2D eigenvalue weighted by atomic mass is 35.5. The molecule has 7 heteroatoms. The molecule has 3 amide bonds. The monoisotopic (exact) mass is 356 g/mol. The van der Waals surface area contributed by atoms with Crippen molar-refractivity contribution < 1.29 is 14.4 Å². The van der Waals surface area contributed by atoms with E-state index in [-0.39, 0.29) is 49.6 Å². The van der Waals surface area contributed by atoms with Gasteiger partial charge in [-0.2, -0.15) is 0 Å². The number of benzene rings is 1. The fourth-order valence-electron chi connectivity index (χ4n) is 2.52. The first kappa shape index (κ1) is 17.8. The minimum atomic E-state index is -0.239. The molecule has 1 aromatic carbocycles. The Morgan fingerprint density at radius 2 is 1.87 bits per heavy atom. The van der Waals surface area contributed by atoms with Gasteiger partial charge in [0.05, 0.1) is 6.04 Å². The second-order valence-electron chi connectivity index (χ2n) is 5.54. The molecule has 0 spiro atoms. The number of carbonyl (C=O) groups is 3. The summed E-state index contributed by atoms with van der Waals surface area (Å²) in [6, 6.07) is 4.90. The zero-order valence-corrected chi connectivity index (χ0v) is 14.5. The van der Waals surface area contributed by atoms with Gasteiger partial charge in [0, 0.05) is 42.9 Å². The lowest BCUT2D eigenvalue weighted by atomic mass is 10.1. The van der Waals surface area contributed by atoms with Gasteiger partial charge in [-0.1, -0.05) is 29.3 Å². The SMILES string of the molecule is CC(c1ccc(Cl)cc1Cl)N(C)C(=O)CCN1C(=O)CCC1=O. The van der Waals surface area contributed by atoms with E-state index in [1.165, 1.54) is 0 Å². The van der Waals surface area contributed by atoms with Gasteiger partial charge in [0.2, 0.25) is 17.7 Å². The molecule has 1 aliphatic heterocycles. The first-order valence-electron chi connectivity index (χ1n) is 7.35. The lowest BCUT2D eigenvalue weighted by molar-refractivity contribution is -0.139. The van der Waals surface area contributed by atoms with Gasteiger partial charge in [-0.3, -0.25) is 19.3 Å². The third-order valence-electron chi connectivity index (χ3n) is 4.09. The van der Waals surface area contributed by atoms with Gasteiger partial charge in [0.1, 0.15) is 0 Å². The molecule has 1 unspecified atom stereocenters. The summed E-state index contributed by atoms with van der Waals surface area (Å²) >= 11 is 12.1. The van der Waals surface area contributed by atoms with Crippen molar-refractivity contribution in [2.24, 2.45) is 0 Å². The predicted molar refractivity (Wildman–Crippen MR) is 88.2 cm³/mol. The topological polar surface area (TPSA) is 57.7 Å². The number of amides is 3. The van der Waals surface area contributed by atoms with Gasteiger partial charge in [-0.15, -0.1) is 0 Å². The molecule has 0 N–H and O–H groups in total. The fraction of sp³-hybridized carbons (Fsp3) is 0.438. The molecule has 124 valence electrons. The van der Waals surface area contributed by atoms with E-state index in [2.05, 4.69) is 0 Å². The minimum Gasteiger partial charge on any atom is -0.339 e. The van der Waals surface area contributed by atoms with Gasteiger partial charge in [-0.25, -0.2) is 0 Å². The Bertz CT molecular complexity index is 632. The molecule has 1 saturated heterocycles. The van der Waals surface area contributed by atoms with Crippen LogP contribution in [0.5, 0.6) is 0 Å². The van der Waals surface area contributed by atoms with Crippen molar-refractivity contribution in [1.29, 1.82) is 0 Å². The van der Waals surface area contributed by atoms with E-state index in [1.807, 2.05) is 6.92 Å². The second-order valence-corrected chi connectivity index (χ2v) is 6.38. The molecule has 1 aliphatic rings. The number of hydrogen-bond donors (Lipinski definition) is 0. The van der Waals surface area contributed by atoms with E-state index < -0.39 is 0 Å². The number of likely N-dealkylation sites (tertiary alicyclic amines) is 1. The molecule has 5 nitrogen and oxygen atoms in total.